The smallest absolute Gasteiger partial charge is 0.239 e. The molecule has 1 saturated heterocycles. The summed E-state index contributed by atoms with van der Waals surface area (Å²) >= 11 is 0. The summed E-state index contributed by atoms with van der Waals surface area (Å²) < 4.78 is 0. The molecule has 0 unspecified atom stereocenters. The predicted octanol–water partition coefficient (Wildman–Crippen LogP) is 1.66. The Balaban J connectivity index is 1.75. The van der Waals surface area contributed by atoms with Crippen molar-refractivity contribution in [1.29, 1.82) is 0 Å². The molecule has 3 rings (SSSR count). The maximum atomic E-state index is 12.2. The van der Waals surface area contributed by atoms with Gasteiger partial charge in [0, 0.05) is 30.2 Å². The minimum Gasteiger partial charge on any atom is -0.361 e. The molecule has 0 saturated carbocycles. The van der Waals surface area contributed by atoms with Gasteiger partial charge in [-0.1, -0.05) is 18.2 Å². The Hall–Kier alpha value is -1.81. The molecule has 0 bridgehead atoms. The molecule has 1 fully saturated rings. The van der Waals surface area contributed by atoms with Gasteiger partial charge >= 0.3 is 0 Å². The standard InChI is InChI=1S/C15H19N3O/c16-13(15(19)18-7-3-4-8-18)9-11-10-17-14-6-2-1-5-12(11)14/h1-2,5-6,10,13,17H,3-4,7-9,16H2/t13-/m1/s1. The Morgan fingerprint density at radius 2 is 2.05 bits per heavy atom. The Labute approximate surface area is 112 Å². The predicted molar refractivity (Wildman–Crippen MR) is 75.8 cm³/mol. The Bertz CT molecular complexity index is 584. The van der Waals surface area contributed by atoms with Crippen LogP contribution in [0.3, 0.4) is 0 Å². The highest BCUT2D eigenvalue weighted by molar-refractivity contribution is 5.86. The summed E-state index contributed by atoms with van der Waals surface area (Å²) in [4.78, 5) is 17.3. The molecule has 0 spiro atoms. The molecule has 0 aliphatic carbocycles. The van der Waals surface area contributed by atoms with E-state index in [9.17, 15) is 4.79 Å². The Kier molecular flexibility index (Phi) is 3.25. The maximum absolute atomic E-state index is 12.2. The van der Waals surface area contributed by atoms with Crippen LogP contribution in [-0.2, 0) is 11.2 Å². The van der Waals surface area contributed by atoms with E-state index in [1.54, 1.807) is 0 Å². The van der Waals surface area contributed by atoms with Gasteiger partial charge in [0.1, 0.15) is 0 Å². The topological polar surface area (TPSA) is 62.1 Å². The molecule has 100 valence electrons. The summed E-state index contributed by atoms with van der Waals surface area (Å²) in [5, 5.41) is 1.16. The average molecular weight is 257 g/mol. The second kappa shape index (κ2) is 5.05. The number of aromatic nitrogens is 1. The maximum Gasteiger partial charge on any atom is 0.239 e. The molecule has 1 aliphatic heterocycles. The first-order chi connectivity index (χ1) is 9.25. The number of hydrogen-bond donors (Lipinski definition) is 2. The molecular weight excluding hydrogens is 238 g/mol. The van der Waals surface area contributed by atoms with Crippen LogP contribution in [-0.4, -0.2) is 34.9 Å². The van der Waals surface area contributed by atoms with Crippen LogP contribution in [0.1, 0.15) is 18.4 Å². The minimum absolute atomic E-state index is 0.0859. The first-order valence-electron chi connectivity index (χ1n) is 6.85. The highest BCUT2D eigenvalue weighted by atomic mass is 16.2. The Morgan fingerprint density at radius 1 is 1.32 bits per heavy atom. The lowest BCUT2D eigenvalue weighted by Crippen LogP contribution is -2.43. The number of nitrogens with two attached hydrogens (primary N) is 1. The van der Waals surface area contributed by atoms with Crippen molar-refractivity contribution in [1.82, 2.24) is 9.88 Å². The van der Waals surface area contributed by atoms with Gasteiger partial charge in [-0.2, -0.15) is 0 Å². The van der Waals surface area contributed by atoms with Crippen molar-refractivity contribution >= 4 is 16.8 Å². The quantitative estimate of drug-likeness (QED) is 0.878. The molecule has 1 aliphatic rings. The average Bonchev–Trinajstić information content (AvgIpc) is 3.08. The lowest BCUT2D eigenvalue weighted by atomic mass is 10.0. The number of benzene rings is 1. The van der Waals surface area contributed by atoms with Crippen LogP contribution in [0, 0.1) is 0 Å². The van der Waals surface area contributed by atoms with Crippen LogP contribution in [0.4, 0.5) is 0 Å². The third-order valence-corrected chi connectivity index (χ3v) is 3.85. The highest BCUT2D eigenvalue weighted by Crippen LogP contribution is 2.19. The number of hydrogen-bond acceptors (Lipinski definition) is 2. The van der Waals surface area contributed by atoms with E-state index in [-0.39, 0.29) is 5.91 Å². The van der Waals surface area contributed by atoms with Gasteiger partial charge in [0.15, 0.2) is 0 Å². The van der Waals surface area contributed by atoms with Gasteiger partial charge in [0.2, 0.25) is 5.91 Å². The van der Waals surface area contributed by atoms with E-state index < -0.39 is 6.04 Å². The van der Waals surface area contributed by atoms with Gasteiger partial charge in [-0.05, 0) is 30.9 Å². The zero-order valence-electron chi connectivity index (χ0n) is 10.9. The molecule has 19 heavy (non-hydrogen) atoms. The fourth-order valence-electron chi connectivity index (χ4n) is 2.80. The fourth-order valence-corrected chi connectivity index (χ4v) is 2.80. The number of carbonyl (C=O) groups excluding carboxylic acids is 1. The van der Waals surface area contributed by atoms with E-state index in [1.807, 2.05) is 29.3 Å². The number of para-hydroxylation sites is 1. The largest absolute Gasteiger partial charge is 0.361 e. The van der Waals surface area contributed by atoms with Crippen LogP contribution in [0.25, 0.3) is 10.9 Å². The number of nitrogens with one attached hydrogen (secondary N) is 1. The summed E-state index contributed by atoms with van der Waals surface area (Å²) in [6.07, 6.45) is 4.76. The lowest BCUT2D eigenvalue weighted by Gasteiger charge is -2.19. The molecule has 2 heterocycles. The number of nitrogens with zero attached hydrogens (tertiary/aromatic N) is 1. The van der Waals surface area contributed by atoms with Crippen molar-refractivity contribution in [2.75, 3.05) is 13.1 Å². The summed E-state index contributed by atoms with van der Waals surface area (Å²) in [7, 11) is 0. The van der Waals surface area contributed by atoms with Crippen molar-refractivity contribution in [3.63, 3.8) is 0 Å². The molecule has 3 N–H and O–H groups in total. The van der Waals surface area contributed by atoms with Crippen LogP contribution in [0.15, 0.2) is 30.5 Å². The van der Waals surface area contributed by atoms with Crippen molar-refractivity contribution in [2.24, 2.45) is 5.73 Å². The van der Waals surface area contributed by atoms with E-state index in [4.69, 9.17) is 5.73 Å². The number of likely N-dealkylation sites (tertiary alicyclic amines) is 1. The number of carbonyl (C=O) groups is 1. The van der Waals surface area contributed by atoms with E-state index in [2.05, 4.69) is 11.1 Å². The van der Waals surface area contributed by atoms with Crippen LogP contribution >= 0.6 is 0 Å². The number of amides is 1. The zero-order chi connectivity index (χ0) is 13.2. The van der Waals surface area contributed by atoms with Crippen molar-refractivity contribution in [3.05, 3.63) is 36.0 Å². The third-order valence-electron chi connectivity index (χ3n) is 3.85. The lowest BCUT2D eigenvalue weighted by molar-refractivity contribution is -0.131. The SMILES string of the molecule is N[C@H](Cc1c[nH]c2ccccc12)C(=O)N1CCCC1. The van der Waals surface area contributed by atoms with Gasteiger partial charge in [0.25, 0.3) is 0 Å². The van der Waals surface area contributed by atoms with Crippen molar-refractivity contribution in [2.45, 2.75) is 25.3 Å². The molecular formula is C15H19N3O. The van der Waals surface area contributed by atoms with Gasteiger partial charge in [-0.15, -0.1) is 0 Å². The molecule has 1 amide bonds. The summed E-state index contributed by atoms with van der Waals surface area (Å²) in [6.45, 7) is 1.72. The first kappa shape index (κ1) is 12.2. The Morgan fingerprint density at radius 3 is 2.84 bits per heavy atom. The number of rotatable bonds is 3. The molecule has 0 radical (unpaired) electrons. The number of aromatic amines is 1. The van der Waals surface area contributed by atoms with Crippen molar-refractivity contribution < 1.29 is 4.79 Å². The van der Waals surface area contributed by atoms with Gasteiger partial charge in [0.05, 0.1) is 6.04 Å². The van der Waals surface area contributed by atoms with Crippen LogP contribution in [0.5, 0.6) is 0 Å². The van der Waals surface area contributed by atoms with Gasteiger partial charge in [-0.25, -0.2) is 0 Å². The summed E-state index contributed by atoms with van der Waals surface area (Å²) in [5.41, 5.74) is 8.29. The van der Waals surface area contributed by atoms with E-state index in [0.29, 0.717) is 6.42 Å². The zero-order valence-corrected chi connectivity index (χ0v) is 10.9. The molecule has 2 aromatic rings. The molecule has 4 heteroatoms. The van der Waals surface area contributed by atoms with E-state index in [1.165, 1.54) is 0 Å². The van der Waals surface area contributed by atoms with E-state index in [0.717, 1.165) is 42.4 Å². The normalized spacial score (nSPS) is 17.0. The first-order valence-corrected chi connectivity index (χ1v) is 6.85. The van der Waals surface area contributed by atoms with E-state index >= 15 is 0 Å². The third kappa shape index (κ3) is 2.36. The van der Waals surface area contributed by atoms with Crippen LogP contribution < -0.4 is 5.73 Å². The monoisotopic (exact) mass is 257 g/mol. The van der Waals surface area contributed by atoms with Crippen molar-refractivity contribution in [3.8, 4) is 0 Å². The number of H-pyrrole nitrogens is 1. The van der Waals surface area contributed by atoms with Gasteiger partial charge < -0.3 is 15.6 Å². The molecule has 1 atom stereocenters. The fraction of sp³-hybridized carbons (Fsp3) is 0.400. The second-order valence-corrected chi connectivity index (χ2v) is 5.20. The second-order valence-electron chi connectivity index (χ2n) is 5.20. The summed E-state index contributed by atoms with van der Waals surface area (Å²) in [6, 6.07) is 7.67. The van der Waals surface area contributed by atoms with Crippen LogP contribution in [0.2, 0.25) is 0 Å². The van der Waals surface area contributed by atoms with Gasteiger partial charge in [-0.3, -0.25) is 4.79 Å². The summed E-state index contributed by atoms with van der Waals surface area (Å²) in [5.74, 6) is 0.0859. The highest BCUT2D eigenvalue weighted by Gasteiger charge is 2.24. The minimum atomic E-state index is -0.433. The number of fused-ring (bicyclic) bond motifs is 1. The molecule has 1 aromatic heterocycles. The molecule has 1 aromatic carbocycles. The molecule has 4 nitrogen and oxygen atoms in total.